The number of nitrogens with one attached hydrogen (secondary N) is 1. The molecule has 0 fully saturated rings. The van der Waals surface area contributed by atoms with Gasteiger partial charge in [0.25, 0.3) is 0 Å². The molecule has 3 nitrogen and oxygen atoms in total. The molecule has 0 saturated carbocycles. The first-order chi connectivity index (χ1) is 10.0. The average molecular weight is 436 g/mol. The minimum absolute atomic E-state index is 0.608. The largest absolute Gasteiger partial charge is 0.493 e. The van der Waals surface area contributed by atoms with Crippen molar-refractivity contribution in [3.05, 3.63) is 49.9 Å². The Labute approximate surface area is 145 Å². The number of methoxy groups -OCH3 is 2. The van der Waals surface area contributed by atoms with Crippen LogP contribution in [0.25, 0.3) is 0 Å². The lowest BCUT2D eigenvalue weighted by atomic mass is 10.2. The Hall–Kier alpha value is -0.910. The fourth-order valence-corrected chi connectivity index (χ4v) is 2.86. The number of rotatable bonds is 5. The quantitative estimate of drug-likeness (QED) is 0.673. The highest BCUT2D eigenvalue weighted by Crippen LogP contribution is 2.34. The SMILES string of the molecule is COc1cc(Br)c(CNc2cc(Br)ccc2Cl)cc1OC. The van der Waals surface area contributed by atoms with E-state index in [4.69, 9.17) is 21.1 Å². The van der Waals surface area contributed by atoms with Gasteiger partial charge >= 0.3 is 0 Å². The second-order valence-electron chi connectivity index (χ2n) is 4.28. The molecule has 0 heterocycles. The molecule has 0 aliphatic rings. The van der Waals surface area contributed by atoms with E-state index in [2.05, 4.69) is 37.2 Å². The van der Waals surface area contributed by atoms with Gasteiger partial charge in [0, 0.05) is 15.5 Å². The van der Waals surface area contributed by atoms with E-state index in [0.717, 1.165) is 20.2 Å². The van der Waals surface area contributed by atoms with E-state index in [-0.39, 0.29) is 0 Å². The maximum atomic E-state index is 6.17. The predicted octanol–water partition coefficient (Wildman–Crippen LogP) is 5.49. The summed E-state index contributed by atoms with van der Waals surface area (Å²) in [5.41, 5.74) is 1.91. The topological polar surface area (TPSA) is 30.5 Å². The lowest BCUT2D eigenvalue weighted by Crippen LogP contribution is -2.02. The molecule has 6 heteroatoms. The summed E-state index contributed by atoms with van der Waals surface area (Å²) >= 11 is 13.1. The van der Waals surface area contributed by atoms with Crippen LogP contribution in [0.2, 0.25) is 5.02 Å². The summed E-state index contributed by atoms with van der Waals surface area (Å²) in [4.78, 5) is 0. The molecule has 0 unspecified atom stereocenters. The number of hydrogen-bond donors (Lipinski definition) is 1. The van der Waals surface area contributed by atoms with Crippen LogP contribution in [0.15, 0.2) is 39.3 Å². The van der Waals surface area contributed by atoms with Gasteiger partial charge < -0.3 is 14.8 Å². The van der Waals surface area contributed by atoms with Gasteiger partial charge in [0.2, 0.25) is 0 Å². The standard InChI is InChI=1S/C15H14Br2ClNO2/c1-20-14-5-9(11(17)7-15(14)21-2)8-19-13-6-10(16)3-4-12(13)18/h3-7,19H,8H2,1-2H3. The third-order valence-electron chi connectivity index (χ3n) is 2.95. The smallest absolute Gasteiger partial charge is 0.161 e. The summed E-state index contributed by atoms with van der Waals surface area (Å²) in [5.74, 6) is 1.38. The van der Waals surface area contributed by atoms with E-state index in [1.54, 1.807) is 14.2 Å². The minimum atomic E-state index is 0.608. The third kappa shape index (κ3) is 4.05. The van der Waals surface area contributed by atoms with Crippen molar-refractivity contribution < 1.29 is 9.47 Å². The maximum Gasteiger partial charge on any atom is 0.161 e. The van der Waals surface area contributed by atoms with Gasteiger partial charge in [-0.05, 0) is 35.9 Å². The molecule has 0 bridgehead atoms. The molecular weight excluding hydrogens is 421 g/mol. The van der Waals surface area contributed by atoms with E-state index in [9.17, 15) is 0 Å². The molecule has 2 rings (SSSR count). The first-order valence-corrected chi connectivity index (χ1v) is 8.11. The summed E-state index contributed by atoms with van der Waals surface area (Å²) in [5, 5.41) is 3.99. The second kappa shape index (κ2) is 7.38. The van der Waals surface area contributed by atoms with E-state index in [1.807, 2.05) is 30.3 Å². The fraction of sp³-hybridized carbons (Fsp3) is 0.200. The zero-order chi connectivity index (χ0) is 15.4. The molecule has 0 aliphatic carbocycles. The Morgan fingerprint density at radius 2 is 1.71 bits per heavy atom. The third-order valence-corrected chi connectivity index (χ3v) is 4.51. The summed E-state index contributed by atoms with van der Waals surface area (Å²) in [6.45, 7) is 0.608. The van der Waals surface area contributed by atoms with Crippen molar-refractivity contribution >= 4 is 49.1 Å². The van der Waals surface area contributed by atoms with Crippen LogP contribution < -0.4 is 14.8 Å². The molecule has 0 aliphatic heterocycles. The summed E-state index contributed by atoms with van der Waals surface area (Å²) in [6.07, 6.45) is 0. The van der Waals surface area contributed by atoms with Crippen LogP contribution in [0, 0.1) is 0 Å². The fourth-order valence-electron chi connectivity index (χ4n) is 1.86. The van der Waals surface area contributed by atoms with Crippen LogP contribution in [0.4, 0.5) is 5.69 Å². The molecule has 0 amide bonds. The number of hydrogen-bond acceptors (Lipinski definition) is 3. The van der Waals surface area contributed by atoms with E-state index >= 15 is 0 Å². The normalized spacial score (nSPS) is 10.3. The number of halogens is 3. The van der Waals surface area contributed by atoms with E-state index in [1.165, 1.54) is 0 Å². The van der Waals surface area contributed by atoms with Crippen LogP contribution in [0.3, 0.4) is 0 Å². The zero-order valence-corrected chi connectivity index (χ0v) is 15.5. The molecule has 112 valence electrons. The van der Waals surface area contributed by atoms with Gasteiger partial charge in [-0.25, -0.2) is 0 Å². The van der Waals surface area contributed by atoms with Crippen molar-refractivity contribution in [3.63, 3.8) is 0 Å². The molecule has 0 radical (unpaired) electrons. The van der Waals surface area contributed by atoms with Gasteiger partial charge in [-0.15, -0.1) is 0 Å². The summed E-state index contributed by atoms with van der Waals surface area (Å²) in [7, 11) is 3.23. The van der Waals surface area contributed by atoms with Crippen molar-refractivity contribution in [1.29, 1.82) is 0 Å². The number of benzene rings is 2. The zero-order valence-electron chi connectivity index (χ0n) is 11.5. The minimum Gasteiger partial charge on any atom is -0.493 e. The number of ether oxygens (including phenoxy) is 2. The molecule has 0 atom stereocenters. The average Bonchev–Trinajstić information content (AvgIpc) is 2.48. The second-order valence-corrected chi connectivity index (χ2v) is 6.45. The summed E-state index contributed by atoms with van der Waals surface area (Å²) < 4.78 is 12.5. The highest BCUT2D eigenvalue weighted by atomic mass is 79.9. The molecular formula is C15H14Br2ClNO2. The van der Waals surface area contributed by atoms with Crippen LogP contribution in [0.5, 0.6) is 11.5 Å². The first-order valence-electron chi connectivity index (χ1n) is 6.14. The van der Waals surface area contributed by atoms with Crippen LogP contribution >= 0.6 is 43.5 Å². The molecule has 2 aromatic carbocycles. The van der Waals surface area contributed by atoms with Gasteiger partial charge in [-0.2, -0.15) is 0 Å². The van der Waals surface area contributed by atoms with Gasteiger partial charge in [0.1, 0.15) is 0 Å². The van der Waals surface area contributed by atoms with E-state index in [0.29, 0.717) is 23.1 Å². The van der Waals surface area contributed by atoms with Crippen LogP contribution in [-0.2, 0) is 6.54 Å². The van der Waals surface area contributed by atoms with Gasteiger partial charge in [0.05, 0.1) is 24.9 Å². The van der Waals surface area contributed by atoms with Crippen molar-refractivity contribution in [3.8, 4) is 11.5 Å². The van der Waals surface area contributed by atoms with Crippen LogP contribution in [-0.4, -0.2) is 14.2 Å². The Bertz CT molecular complexity index is 650. The van der Waals surface area contributed by atoms with Crippen molar-refractivity contribution in [2.75, 3.05) is 19.5 Å². The lowest BCUT2D eigenvalue weighted by molar-refractivity contribution is 0.354. The van der Waals surface area contributed by atoms with Crippen LogP contribution in [0.1, 0.15) is 5.56 Å². The Morgan fingerprint density at radius 1 is 1.05 bits per heavy atom. The predicted molar refractivity (Wildman–Crippen MR) is 93.7 cm³/mol. The lowest BCUT2D eigenvalue weighted by Gasteiger charge is -2.14. The van der Waals surface area contributed by atoms with E-state index < -0.39 is 0 Å². The molecule has 21 heavy (non-hydrogen) atoms. The maximum absolute atomic E-state index is 6.17. The Balaban J connectivity index is 2.21. The highest BCUT2D eigenvalue weighted by Gasteiger charge is 2.10. The summed E-state index contributed by atoms with van der Waals surface area (Å²) in [6, 6.07) is 9.51. The molecule has 2 aromatic rings. The molecule has 0 spiro atoms. The Kier molecular flexibility index (Phi) is 5.79. The molecule has 0 saturated heterocycles. The molecule has 1 N–H and O–H groups in total. The van der Waals surface area contributed by atoms with Crippen molar-refractivity contribution in [2.45, 2.75) is 6.54 Å². The first kappa shape index (κ1) is 16.5. The Morgan fingerprint density at radius 3 is 2.38 bits per heavy atom. The number of anilines is 1. The van der Waals surface area contributed by atoms with Crippen molar-refractivity contribution in [2.24, 2.45) is 0 Å². The van der Waals surface area contributed by atoms with Gasteiger partial charge in [-0.1, -0.05) is 43.5 Å². The van der Waals surface area contributed by atoms with Gasteiger partial charge in [0.15, 0.2) is 11.5 Å². The highest BCUT2D eigenvalue weighted by molar-refractivity contribution is 9.10. The molecule has 0 aromatic heterocycles. The van der Waals surface area contributed by atoms with Gasteiger partial charge in [-0.3, -0.25) is 0 Å². The monoisotopic (exact) mass is 433 g/mol. The van der Waals surface area contributed by atoms with Crippen molar-refractivity contribution in [1.82, 2.24) is 0 Å².